The number of allylic oxidation sites excluding steroid dienone is 4. The first-order valence-electron chi connectivity index (χ1n) is 12.1. The van der Waals surface area contributed by atoms with E-state index in [4.69, 9.17) is 0 Å². The van der Waals surface area contributed by atoms with E-state index in [0.29, 0.717) is 37.2 Å². The average molecular weight is 453 g/mol. The SMILES string of the molecule is CC(NC[C@@H](C)CCC(=O)c1cnc2c(C3=CCC(C(C)(F)F)CC3)cccc2c1)=C1CC1. The zero-order chi connectivity index (χ0) is 23.6. The lowest BCUT2D eigenvalue weighted by molar-refractivity contribution is -0.0421. The van der Waals surface area contributed by atoms with Crippen LogP contribution in [-0.2, 0) is 0 Å². The Hall–Kier alpha value is -2.56. The number of Topliss-reactive ketones (excluding diaryl/α,β-unsaturated/α-hetero) is 1. The number of nitrogens with one attached hydrogen (secondary N) is 1. The van der Waals surface area contributed by atoms with Crippen molar-refractivity contribution < 1.29 is 13.6 Å². The van der Waals surface area contributed by atoms with Crippen LogP contribution in [0.2, 0.25) is 0 Å². The van der Waals surface area contributed by atoms with Crippen molar-refractivity contribution >= 4 is 22.3 Å². The van der Waals surface area contributed by atoms with Crippen LogP contribution in [0.25, 0.3) is 16.5 Å². The summed E-state index contributed by atoms with van der Waals surface area (Å²) >= 11 is 0. The summed E-state index contributed by atoms with van der Waals surface area (Å²) < 4.78 is 27.3. The summed E-state index contributed by atoms with van der Waals surface area (Å²) in [5.74, 6) is -2.71. The Morgan fingerprint density at radius 1 is 1.27 bits per heavy atom. The molecule has 1 aromatic heterocycles. The normalized spacial score (nSPS) is 19.2. The van der Waals surface area contributed by atoms with E-state index >= 15 is 0 Å². The van der Waals surface area contributed by atoms with Crippen LogP contribution in [0, 0.1) is 11.8 Å². The number of halogens is 2. The maximum absolute atomic E-state index is 13.7. The maximum Gasteiger partial charge on any atom is 0.248 e. The molecule has 1 heterocycles. The molecule has 0 amide bonds. The zero-order valence-electron chi connectivity index (χ0n) is 19.9. The minimum atomic E-state index is -2.64. The first kappa shape index (κ1) is 23.6. The second-order valence-corrected chi connectivity index (χ2v) is 9.93. The first-order chi connectivity index (χ1) is 15.7. The van der Waals surface area contributed by atoms with Crippen molar-refractivity contribution in [1.29, 1.82) is 0 Å². The van der Waals surface area contributed by atoms with Crippen LogP contribution in [0.4, 0.5) is 8.78 Å². The van der Waals surface area contributed by atoms with Gasteiger partial charge >= 0.3 is 0 Å². The standard InChI is InChI=1S/C28H34F2N2O/c1-18(16-31-19(2)20-8-9-20)7-14-26(33)23-15-22-5-4-6-25(27(22)32-17-23)21-10-12-24(13-11-21)28(3,29)30/h4-6,10,15,17-18,24,31H,7-9,11-14,16H2,1-3H3/t18-,24?/m0/s1. The Morgan fingerprint density at radius 3 is 2.73 bits per heavy atom. The molecular weight excluding hydrogens is 418 g/mol. The molecule has 1 fully saturated rings. The highest BCUT2D eigenvalue weighted by Gasteiger charge is 2.34. The van der Waals surface area contributed by atoms with Gasteiger partial charge < -0.3 is 5.32 Å². The van der Waals surface area contributed by atoms with E-state index in [1.54, 1.807) is 6.20 Å². The Kier molecular flexibility index (Phi) is 6.96. The van der Waals surface area contributed by atoms with Crippen LogP contribution in [0.1, 0.15) is 81.6 Å². The predicted molar refractivity (Wildman–Crippen MR) is 130 cm³/mol. The number of hydrogen-bond acceptors (Lipinski definition) is 3. The van der Waals surface area contributed by atoms with Gasteiger partial charge in [-0.25, -0.2) is 8.78 Å². The molecule has 1 saturated carbocycles. The summed E-state index contributed by atoms with van der Waals surface area (Å²) in [6.07, 6.45) is 8.87. The molecule has 2 aliphatic carbocycles. The number of ketones is 1. The molecule has 1 aromatic carbocycles. The number of benzene rings is 1. The van der Waals surface area contributed by atoms with E-state index in [2.05, 4.69) is 24.1 Å². The lowest BCUT2D eigenvalue weighted by Crippen LogP contribution is -2.25. The van der Waals surface area contributed by atoms with Gasteiger partial charge in [-0.2, -0.15) is 0 Å². The van der Waals surface area contributed by atoms with Crippen molar-refractivity contribution in [2.24, 2.45) is 11.8 Å². The molecule has 0 bridgehead atoms. The van der Waals surface area contributed by atoms with E-state index in [1.807, 2.05) is 30.3 Å². The fraction of sp³-hybridized carbons (Fsp3) is 0.500. The molecule has 2 atom stereocenters. The minimum absolute atomic E-state index is 0.115. The summed E-state index contributed by atoms with van der Waals surface area (Å²) in [5, 5.41) is 4.41. The Morgan fingerprint density at radius 2 is 2.06 bits per heavy atom. The summed E-state index contributed by atoms with van der Waals surface area (Å²) in [7, 11) is 0. The Bertz CT molecular complexity index is 1090. The summed E-state index contributed by atoms with van der Waals surface area (Å²) in [5.41, 5.74) is 6.36. The van der Waals surface area contributed by atoms with Crippen molar-refractivity contribution in [3.63, 3.8) is 0 Å². The van der Waals surface area contributed by atoms with Gasteiger partial charge in [0.15, 0.2) is 5.78 Å². The third kappa shape index (κ3) is 5.87. The number of para-hydroxylation sites is 1. The molecule has 33 heavy (non-hydrogen) atoms. The molecular formula is C28H34F2N2O. The molecule has 1 unspecified atom stereocenters. The zero-order valence-corrected chi connectivity index (χ0v) is 19.9. The van der Waals surface area contributed by atoms with E-state index in [0.717, 1.165) is 41.9 Å². The van der Waals surface area contributed by atoms with Crippen LogP contribution in [0.5, 0.6) is 0 Å². The minimum Gasteiger partial charge on any atom is -0.388 e. The average Bonchev–Trinajstić information content (AvgIpc) is 3.65. The van der Waals surface area contributed by atoms with E-state index < -0.39 is 11.8 Å². The predicted octanol–water partition coefficient (Wildman–Crippen LogP) is 7.33. The summed E-state index contributed by atoms with van der Waals surface area (Å²) in [6.45, 7) is 6.21. The lowest BCUT2D eigenvalue weighted by Gasteiger charge is -2.27. The van der Waals surface area contributed by atoms with Gasteiger partial charge in [-0.05, 0) is 69.9 Å². The van der Waals surface area contributed by atoms with Crippen molar-refractivity contribution in [2.45, 2.75) is 71.6 Å². The smallest absolute Gasteiger partial charge is 0.248 e. The molecule has 2 aliphatic rings. The second-order valence-electron chi connectivity index (χ2n) is 9.93. The topological polar surface area (TPSA) is 42.0 Å². The number of carbonyl (C=O) groups excluding carboxylic acids is 1. The number of alkyl halides is 2. The number of pyridine rings is 1. The molecule has 1 N–H and O–H groups in total. The van der Waals surface area contributed by atoms with Crippen molar-refractivity contribution in [3.05, 3.63) is 58.9 Å². The van der Waals surface area contributed by atoms with Crippen LogP contribution >= 0.6 is 0 Å². The third-order valence-corrected chi connectivity index (χ3v) is 7.12. The van der Waals surface area contributed by atoms with Crippen molar-refractivity contribution in [1.82, 2.24) is 10.3 Å². The number of aromatic nitrogens is 1. The third-order valence-electron chi connectivity index (χ3n) is 7.12. The van der Waals surface area contributed by atoms with Gasteiger partial charge in [-0.15, -0.1) is 0 Å². The molecule has 0 aliphatic heterocycles. The molecule has 4 rings (SSSR count). The van der Waals surface area contributed by atoms with E-state index in [1.165, 1.54) is 24.1 Å². The molecule has 5 heteroatoms. The Balaban J connectivity index is 1.41. The number of carbonyl (C=O) groups is 1. The summed E-state index contributed by atoms with van der Waals surface area (Å²) in [4.78, 5) is 17.4. The largest absolute Gasteiger partial charge is 0.388 e. The summed E-state index contributed by atoms with van der Waals surface area (Å²) in [6, 6.07) is 7.85. The highest BCUT2D eigenvalue weighted by atomic mass is 19.3. The van der Waals surface area contributed by atoms with Crippen LogP contribution in [0.3, 0.4) is 0 Å². The Labute approximate surface area is 195 Å². The van der Waals surface area contributed by atoms with Gasteiger partial charge in [0.25, 0.3) is 0 Å². The monoisotopic (exact) mass is 452 g/mol. The molecule has 2 aromatic rings. The molecule has 176 valence electrons. The number of nitrogens with zero attached hydrogens (tertiary/aromatic N) is 1. The number of rotatable bonds is 9. The van der Waals surface area contributed by atoms with Crippen LogP contribution in [-0.4, -0.2) is 23.2 Å². The van der Waals surface area contributed by atoms with Crippen molar-refractivity contribution in [2.75, 3.05) is 6.54 Å². The van der Waals surface area contributed by atoms with Gasteiger partial charge in [0, 0.05) is 47.3 Å². The first-order valence-corrected chi connectivity index (χ1v) is 12.1. The van der Waals surface area contributed by atoms with Gasteiger partial charge in [0.05, 0.1) is 5.52 Å². The number of fused-ring (bicyclic) bond motifs is 1. The van der Waals surface area contributed by atoms with Gasteiger partial charge in [-0.3, -0.25) is 9.78 Å². The molecule has 0 spiro atoms. The fourth-order valence-corrected chi connectivity index (χ4v) is 4.63. The maximum atomic E-state index is 13.7. The van der Waals surface area contributed by atoms with E-state index in [9.17, 15) is 13.6 Å². The van der Waals surface area contributed by atoms with Crippen LogP contribution < -0.4 is 5.32 Å². The van der Waals surface area contributed by atoms with Gasteiger partial charge in [0.2, 0.25) is 5.92 Å². The van der Waals surface area contributed by atoms with E-state index in [-0.39, 0.29) is 5.78 Å². The second kappa shape index (κ2) is 9.74. The highest BCUT2D eigenvalue weighted by molar-refractivity contribution is 6.00. The molecule has 3 nitrogen and oxygen atoms in total. The van der Waals surface area contributed by atoms with Gasteiger partial charge in [0.1, 0.15) is 0 Å². The van der Waals surface area contributed by atoms with Crippen molar-refractivity contribution in [3.8, 4) is 0 Å². The fourth-order valence-electron chi connectivity index (χ4n) is 4.63. The molecule has 0 saturated heterocycles. The quantitative estimate of drug-likeness (QED) is 0.405. The van der Waals surface area contributed by atoms with Gasteiger partial charge in [-0.1, -0.05) is 36.8 Å². The highest BCUT2D eigenvalue weighted by Crippen LogP contribution is 2.39. The molecule has 0 radical (unpaired) electrons. The van der Waals surface area contributed by atoms with Crippen LogP contribution in [0.15, 0.2) is 47.8 Å². The number of hydrogen-bond donors (Lipinski definition) is 1. The lowest BCUT2D eigenvalue weighted by atomic mass is 9.83.